The predicted octanol–water partition coefficient (Wildman–Crippen LogP) is 8.01. The number of halogens is 8. The van der Waals surface area contributed by atoms with E-state index in [1.54, 1.807) is 13.0 Å². The highest BCUT2D eigenvalue weighted by atomic mass is 35.5. The van der Waals surface area contributed by atoms with E-state index in [-0.39, 0.29) is 44.9 Å². The van der Waals surface area contributed by atoms with Crippen LogP contribution in [0, 0.1) is 19.7 Å². The number of nitrogens with zero attached hydrogens (tertiary/aromatic N) is 3. The van der Waals surface area contributed by atoms with E-state index in [2.05, 4.69) is 14.8 Å². The van der Waals surface area contributed by atoms with Crippen LogP contribution in [0.1, 0.15) is 22.7 Å². The molecule has 0 spiro atoms. The number of benzene rings is 3. The van der Waals surface area contributed by atoms with E-state index in [0.29, 0.717) is 22.8 Å². The average Bonchev–Trinajstić information content (AvgIpc) is 3.55. The Morgan fingerprint density at radius 3 is 2.11 bits per heavy atom. The highest BCUT2D eigenvalue weighted by molar-refractivity contribution is 7.51. The Morgan fingerprint density at radius 1 is 0.935 bits per heavy atom. The van der Waals surface area contributed by atoms with Crippen LogP contribution >= 0.6 is 11.6 Å². The summed E-state index contributed by atoms with van der Waals surface area (Å²) in [6.07, 6.45) is -9.70. The van der Waals surface area contributed by atoms with Crippen LogP contribution in [0.2, 0.25) is 5.15 Å². The molecule has 2 heterocycles. The predicted molar refractivity (Wildman–Crippen MR) is 151 cm³/mol. The average molecular weight is 690 g/mol. The fourth-order valence-corrected chi connectivity index (χ4v) is 4.74. The Bertz CT molecular complexity index is 1890. The monoisotopic (exact) mass is 689 g/mol. The Balaban J connectivity index is 0.00000154. The van der Waals surface area contributed by atoms with E-state index < -0.39 is 48.0 Å². The van der Waals surface area contributed by atoms with Crippen molar-refractivity contribution >= 4 is 23.2 Å². The van der Waals surface area contributed by atoms with Gasteiger partial charge < -0.3 is 14.3 Å². The van der Waals surface area contributed by atoms with Crippen molar-refractivity contribution < 1.29 is 53.4 Å². The first kappa shape index (κ1) is 34.3. The minimum Gasteiger partial charge on any atom is -0.440 e. The summed E-state index contributed by atoms with van der Waals surface area (Å²) >= 11 is 5.44. The SMILES string of the molecule is Cc1nc(-c2cc(-c3cc(C)c(CO)c(F)c3)ccc2-n2nc(C(F)(F)F)cc2Cl)c(-c2ccc(OC(F)(F)F)cc2)o1.O=S=O. The van der Waals surface area contributed by atoms with Gasteiger partial charge in [-0.05, 0) is 66.1 Å². The van der Waals surface area contributed by atoms with Gasteiger partial charge in [0.15, 0.2) is 17.3 Å². The molecule has 3 aromatic carbocycles. The summed E-state index contributed by atoms with van der Waals surface area (Å²) in [6, 6.07) is 12.7. The molecule has 0 radical (unpaired) electrons. The number of aryl methyl sites for hydroxylation is 2. The molecule has 0 bridgehead atoms. The van der Waals surface area contributed by atoms with Gasteiger partial charge in [0.2, 0.25) is 0 Å². The van der Waals surface area contributed by atoms with E-state index in [1.165, 1.54) is 43.3 Å². The fraction of sp³-hybridized carbons (Fsp3) is 0.172. The molecule has 0 amide bonds. The first-order chi connectivity index (χ1) is 21.6. The molecule has 0 aliphatic rings. The van der Waals surface area contributed by atoms with Gasteiger partial charge in [0, 0.05) is 29.7 Å². The standard InChI is InChI=1S/C29H19ClF7N3O3.O2S/c1-14-9-18(11-22(31)21(14)13-41)17-5-8-23(40-25(30)12-24(39-40)28(32,33)34)20(10-17)26-27(42-15(2)38-26)16-3-6-19(7-4-16)43-29(35,36)37;1-3-2/h3-12,41H,13H2,1-2H3;. The molecule has 17 heteroatoms. The van der Waals surface area contributed by atoms with Crippen LogP contribution in [0.25, 0.3) is 39.4 Å². The Kier molecular flexibility index (Phi) is 10.0. The third kappa shape index (κ3) is 7.63. The number of rotatable bonds is 6. The highest BCUT2D eigenvalue weighted by Gasteiger charge is 2.35. The topological polar surface area (TPSA) is 107 Å². The number of hydrogen-bond acceptors (Lipinski definition) is 7. The zero-order valence-electron chi connectivity index (χ0n) is 23.3. The minimum absolute atomic E-state index is 0.0556. The number of aliphatic hydroxyl groups is 1. The van der Waals surface area contributed by atoms with Gasteiger partial charge in [-0.3, -0.25) is 0 Å². The molecule has 1 N–H and O–H groups in total. The number of hydrogen-bond donors (Lipinski definition) is 1. The zero-order chi connectivity index (χ0) is 34.0. The molecule has 0 saturated heterocycles. The summed E-state index contributed by atoms with van der Waals surface area (Å²) in [6.45, 7) is 2.60. The minimum atomic E-state index is -4.91. The Hall–Kier alpha value is -4.54. The maximum absolute atomic E-state index is 14.8. The lowest BCUT2D eigenvalue weighted by atomic mass is 9.95. The summed E-state index contributed by atoms with van der Waals surface area (Å²) < 4.78 is 120. The van der Waals surface area contributed by atoms with Crippen LogP contribution in [0.3, 0.4) is 0 Å². The smallest absolute Gasteiger partial charge is 0.440 e. The van der Waals surface area contributed by atoms with Gasteiger partial charge >= 0.3 is 24.1 Å². The van der Waals surface area contributed by atoms with Gasteiger partial charge in [-0.2, -0.15) is 26.7 Å². The third-order valence-corrected chi connectivity index (χ3v) is 6.70. The second-order valence-electron chi connectivity index (χ2n) is 9.46. The molecular weight excluding hydrogens is 671 g/mol. The summed E-state index contributed by atoms with van der Waals surface area (Å²) in [5.41, 5.74) is 0.733. The molecule has 0 unspecified atom stereocenters. The van der Waals surface area contributed by atoms with Crippen molar-refractivity contribution in [1.29, 1.82) is 0 Å². The van der Waals surface area contributed by atoms with Crippen molar-refractivity contribution in [2.45, 2.75) is 33.0 Å². The molecule has 0 fully saturated rings. The van der Waals surface area contributed by atoms with Gasteiger partial charge in [0.1, 0.15) is 22.4 Å². The summed E-state index contributed by atoms with van der Waals surface area (Å²) in [4.78, 5) is 4.42. The van der Waals surface area contributed by atoms with Gasteiger partial charge in [0.05, 0.1) is 12.3 Å². The molecular formula is C29H19ClF7N3O5S. The summed E-state index contributed by atoms with van der Waals surface area (Å²) in [5, 5.41) is 12.8. The van der Waals surface area contributed by atoms with E-state index >= 15 is 0 Å². The Labute approximate surface area is 263 Å². The summed E-state index contributed by atoms with van der Waals surface area (Å²) in [5.74, 6) is -0.934. The van der Waals surface area contributed by atoms with Gasteiger partial charge in [-0.1, -0.05) is 23.7 Å². The van der Waals surface area contributed by atoms with Crippen LogP contribution in [0.5, 0.6) is 5.75 Å². The van der Waals surface area contributed by atoms with E-state index in [1.807, 2.05) is 0 Å². The zero-order valence-corrected chi connectivity index (χ0v) is 24.9. The van der Waals surface area contributed by atoms with Crippen molar-refractivity contribution in [3.05, 3.63) is 94.3 Å². The molecule has 0 atom stereocenters. The normalized spacial score (nSPS) is 11.6. The summed E-state index contributed by atoms with van der Waals surface area (Å²) in [7, 11) is 0. The molecule has 46 heavy (non-hydrogen) atoms. The first-order valence-corrected chi connectivity index (χ1v) is 13.7. The second-order valence-corrected chi connectivity index (χ2v) is 9.98. The van der Waals surface area contributed by atoms with Crippen molar-refractivity contribution in [2.75, 3.05) is 0 Å². The number of oxazole rings is 1. The molecule has 242 valence electrons. The van der Waals surface area contributed by atoms with Gasteiger partial charge in [-0.25, -0.2) is 14.1 Å². The largest absolute Gasteiger partial charge is 0.573 e. The number of aliphatic hydroxyl groups excluding tert-OH is 1. The van der Waals surface area contributed by atoms with Crippen molar-refractivity contribution in [3.63, 3.8) is 0 Å². The van der Waals surface area contributed by atoms with Crippen LogP contribution < -0.4 is 4.74 Å². The molecule has 8 nitrogen and oxygen atoms in total. The lowest BCUT2D eigenvalue weighted by molar-refractivity contribution is -0.274. The maximum atomic E-state index is 14.8. The van der Waals surface area contributed by atoms with Gasteiger partial charge in [-0.15, -0.1) is 13.2 Å². The molecule has 5 rings (SSSR count). The Morgan fingerprint density at radius 2 is 1.57 bits per heavy atom. The molecule has 0 aliphatic heterocycles. The molecule has 5 aromatic rings. The molecule has 0 saturated carbocycles. The van der Waals surface area contributed by atoms with Crippen molar-refractivity contribution in [3.8, 4) is 45.1 Å². The lowest BCUT2D eigenvalue weighted by Gasteiger charge is -2.14. The van der Waals surface area contributed by atoms with Crippen LogP contribution in [-0.2, 0) is 24.4 Å². The van der Waals surface area contributed by atoms with E-state index in [0.717, 1.165) is 16.8 Å². The van der Waals surface area contributed by atoms with E-state index in [4.69, 9.17) is 24.4 Å². The highest BCUT2D eigenvalue weighted by Crippen LogP contribution is 2.41. The molecule has 0 aliphatic carbocycles. The maximum Gasteiger partial charge on any atom is 0.573 e. The fourth-order valence-electron chi connectivity index (χ4n) is 4.51. The lowest BCUT2D eigenvalue weighted by Crippen LogP contribution is -2.16. The van der Waals surface area contributed by atoms with Crippen molar-refractivity contribution in [1.82, 2.24) is 14.8 Å². The quantitative estimate of drug-likeness (QED) is 0.180. The van der Waals surface area contributed by atoms with E-state index in [9.17, 15) is 35.8 Å². The number of alkyl halides is 6. The number of ether oxygens (including phenoxy) is 1. The van der Waals surface area contributed by atoms with Crippen LogP contribution in [-0.4, -0.2) is 34.7 Å². The number of aromatic nitrogens is 3. The molecule has 2 aromatic heterocycles. The van der Waals surface area contributed by atoms with Crippen LogP contribution in [0.4, 0.5) is 30.7 Å². The van der Waals surface area contributed by atoms with Crippen molar-refractivity contribution in [2.24, 2.45) is 0 Å². The van der Waals surface area contributed by atoms with Crippen LogP contribution in [0.15, 0.2) is 65.1 Å². The van der Waals surface area contributed by atoms with Gasteiger partial charge in [0.25, 0.3) is 0 Å². The second kappa shape index (κ2) is 13.4. The first-order valence-electron chi connectivity index (χ1n) is 12.7. The third-order valence-electron chi connectivity index (χ3n) is 6.43.